The van der Waals surface area contributed by atoms with E-state index in [-0.39, 0.29) is 18.0 Å². The normalized spacial score (nSPS) is 14.8. The Hall–Kier alpha value is -3.02. The van der Waals surface area contributed by atoms with Gasteiger partial charge in [-0.25, -0.2) is 4.79 Å². The summed E-state index contributed by atoms with van der Waals surface area (Å²) in [5.74, 6) is 0.721. The lowest BCUT2D eigenvalue weighted by atomic mass is 10.0. The van der Waals surface area contributed by atoms with E-state index in [1.165, 1.54) is 0 Å². The van der Waals surface area contributed by atoms with E-state index in [1.54, 1.807) is 4.90 Å². The van der Waals surface area contributed by atoms with E-state index in [1.807, 2.05) is 75.4 Å². The maximum atomic E-state index is 12.6. The largest absolute Gasteiger partial charge is 0.489 e. The molecule has 0 radical (unpaired) electrons. The van der Waals surface area contributed by atoms with Crippen LogP contribution in [0.1, 0.15) is 49.5 Å². The summed E-state index contributed by atoms with van der Waals surface area (Å²) in [7, 11) is 0. The third-order valence-electron chi connectivity index (χ3n) is 4.85. The van der Waals surface area contributed by atoms with Crippen LogP contribution in [0.3, 0.4) is 0 Å². The number of nitrogens with zero attached hydrogens (tertiary/aromatic N) is 1. The average molecular weight is 411 g/mol. The summed E-state index contributed by atoms with van der Waals surface area (Å²) in [5, 5.41) is 3.07. The van der Waals surface area contributed by atoms with Gasteiger partial charge in [-0.1, -0.05) is 30.3 Å². The summed E-state index contributed by atoms with van der Waals surface area (Å²) < 4.78 is 11.1. The molecule has 1 aliphatic rings. The van der Waals surface area contributed by atoms with Crippen LogP contribution in [-0.2, 0) is 11.3 Å². The number of para-hydroxylation sites is 1. The first kappa shape index (κ1) is 21.7. The lowest BCUT2D eigenvalue weighted by molar-refractivity contribution is 0.0199. The molecule has 2 amide bonds. The van der Waals surface area contributed by atoms with Gasteiger partial charge in [0.25, 0.3) is 5.91 Å². The zero-order valence-electron chi connectivity index (χ0n) is 17.9. The molecule has 1 aliphatic heterocycles. The quantitative estimate of drug-likeness (QED) is 0.794. The Bertz CT molecular complexity index is 836. The highest BCUT2D eigenvalue weighted by Gasteiger charge is 2.27. The van der Waals surface area contributed by atoms with Gasteiger partial charge < -0.3 is 19.7 Å². The van der Waals surface area contributed by atoms with Crippen LogP contribution in [0, 0.1) is 0 Å². The van der Waals surface area contributed by atoms with E-state index >= 15 is 0 Å². The fraction of sp³-hybridized carbons (Fsp3) is 0.417. The Labute approximate surface area is 178 Å². The number of benzene rings is 2. The Balaban J connectivity index is 1.44. The van der Waals surface area contributed by atoms with Crippen molar-refractivity contribution in [3.05, 3.63) is 65.7 Å². The first-order valence-corrected chi connectivity index (χ1v) is 10.4. The van der Waals surface area contributed by atoms with E-state index in [0.29, 0.717) is 38.1 Å². The predicted molar refractivity (Wildman–Crippen MR) is 116 cm³/mol. The van der Waals surface area contributed by atoms with Crippen LogP contribution >= 0.6 is 0 Å². The average Bonchev–Trinajstić information content (AvgIpc) is 2.72. The molecular formula is C24H30N2O4. The number of amides is 2. The monoisotopic (exact) mass is 410 g/mol. The van der Waals surface area contributed by atoms with Gasteiger partial charge in [-0.05, 0) is 63.4 Å². The third kappa shape index (κ3) is 6.51. The van der Waals surface area contributed by atoms with Gasteiger partial charge in [-0.3, -0.25) is 4.79 Å². The summed E-state index contributed by atoms with van der Waals surface area (Å²) in [6.07, 6.45) is 1.14. The molecule has 1 fully saturated rings. The first-order valence-electron chi connectivity index (χ1n) is 10.4. The van der Waals surface area contributed by atoms with Gasteiger partial charge >= 0.3 is 6.09 Å². The number of hydrogen-bond donors (Lipinski definition) is 1. The van der Waals surface area contributed by atoms with Gasteiger partial charge in [0.15, 0.2) is 0 Å². The van der Waals surface area contributed by atoms with E-state index in [0.717, 1.165) is 11.3 Å². The number of rotatable bonds is 5. The molecule has 0 aromatic heterocycles. The maximum absolute atomic E-state index is 12.6. The lowest BCUT2D eigenvalue weighted by Gasteiger charge is -2.33. The number of ether oxygens (including phenoxy) is 2. The van der Waals surface area contributed by atoms with Gasteiger partial charge in [-0.2, -0.15) is 0 Å². The lowest BCUT2D eigenvalue weighted by Crippen LogP contribution is -2.47. The van der Waals surface area contributed by atoms with Gasteiger partial charge in [-0.15, -0.1) is 0 Å². The fourth-order valence-corrected chi connectivity index (χ4v) is 3.24. The molecule has 3 rings (SSSR count). The summed E-state index contributed by atoms with van der Waals surface area (Å²) in [5.41, 5.74) is 1.12. The first-order chi connectivity index (χ1) is 14.3. The number of hydrogen-bond acceptors (Lipinski definition) is 4. The van der Waals surface area contributed by atoms with Gasteiger partial charge in [0.2, 0.25) is 0 Å². The van der Waals surface area contributed by atoms with Crippen molar-refractivity contribution in [3.63, 3.8) is 0 Å². The van der Waals surface area contributed by atoms with E-state index in [2.05, 4.69) is 5.32 Å². The topological polar surface area (TPSA) is 67.9 Å². The molecule has 0 saturated carbocycles. The summed E-state index contributed by atoms with van der Waals surface area (Å²) >= 11 is 0. The zero-order valence-corrected chi connectivity index (χ0v) is 17.9. The van der Waals surface area contributed by atoms with Gasteiger partial charge in [0.1, 0.15) is 18.0 Å². The van der Waals surface area contributed by atoms with Gasteiger partial charge in [0, 0.05) is 24.7 Å². The molecule has 0 unspecified atom stereocenters. The van der Waals surface area contributed by atoms with Crippen molar-refractivity contribution in [1.82, 2.24) is 10.2 Å². The van der Waals surface area contributed by atoms with Crippen molar-refractivity contribution in [3.8, 4) is 5.75 Å². The van der Waals surface area contributed by atoms with Crippen LogP contribution in [0.4, 0.5) is 4.79 Å². The standard InChI is InChI=1S/C24H30N2O4/c1-24(2,3)30-23(28)26-15-13-20(14-16-26)25-22(27)19-11-9-18(10-12-19)17-29-21-7-5-4-6-8-21/h4-12,20H,13-17H2,1-3H3,(H,25,27). The molecule has 1 N–H and O–H groups in total. The number of carbonyl (C=O) groups excluding carboxylic acids is 2. The highest BCUT2D eigenvalue weighted by Crippen LogP contribution is 2.16. The molecule has 0 atom stereocenters. The summed E-state index contributed by atoms with van der Waals surface area (Å²) in [6, 6.07) is 17.1. The second kappa shape index (κ2) is 9.65. The summed E-state index contributed by atoms with van der Waals surface area (Å²) in [6.45, 7) is 7.19. The molecule has 2 aromatic carbocycles. The van der Waals surface area contributed by atoms with Gasteiger partial charge in [0.05, 0.1) is 0 Å². The van der Waals surface area contributed by atoms with Crippen LogP contribution in [0.25, 0.3) is 0 Å². The minimum atomic E-state index is -0.500. The molecule has 30 heavy (non-hydrogen) atoms. The Morgan fingerprint density at radius 2 is 1.63 bits per heavy atom. The minimum Gasteiger partial charge on any atom is -0.489 e. The van der Waals surface area contributed by atoms with Crippen molar-refractivity contribution in [2.75, 3.05) is 13.1 Å². The second-order valence-electron chi connectivity index (χ2n) is 8.51. The summed E-state index contributed by atoms with van der Waals surface area (Å²) in [4.78, 5) is 26.4. The molecule has 0 spiro atoms. The van der Waals surface area contributed by atoms with Crippen LogP contribution in [-0.4, -0.2) is 41.6 Å². The molecule has 0 aliphatic carbocycles. The molecule has 6 heteroatoms. The smallest absolute Gasteiger partial charge is 0.410 e. The van der Waals surface area contributed by atoms with Crippen molar-refractivity contribution < 1.29 is 19.1 Å². The van der Waals surface area contributed by atoms with Crippen molar-refractivity contribution in [1.29, 1.82) is 0 Å². The van der Waals surface area contributed by atoms with E-state index in [4.69, 9.17) is 9.47 Å². The molecule has 0 bridgehead atoms. The number of piperidine rings is 1. The molecule has 6 nitrogen and oxygen atoms in total. The zero-order chi connectivity index (χ0) is 21.6. The Morgan fingerprint density at radius 1 is 1.00 bits per heavy atom. The minimum absolute atomic E-state index is 0.0530. The van der Waals surface area contributed by atoms with Crippen molar-refractivity contribution >= 4 is 12.0 Å². The highest BCUT2D eigenvalue weighted by molar-refractivity contribution is 5.94. The second-order valence-corrected chi connectivity index (χ2v) is 8.51. The third-order valence-corrected chi connectivity index (χ3v) is 4.85. The van der Waals surface area contributed by atoms with Crippen LogP contribution in [0.5, 0.6) is 5.75 Å². The molecule has 1 saturated heterocycles. The molecule has 160 valence electrons. The molecular weight excluding hydrogens is 380 g/mol. The number of carbonyl (C=O) groups is 2. The van der Waals surface area contributed by atoms with Crippen LogP contribution in [0.15, 0.2) is 54.6 Å². The number of likely N-dealkylation sites (tertiary alicyclic amines) is 1. The molecule has 1 heterocycles. The predicted octanol–water partition coefficient (Wildman–Crippen LogP) is 4.39. The Morgan fingerprint density at radius 3 is 2.23 bits per heavy atom. The van der Waals surface area contributed by atoms with Crippen molar-refractivity contribution in [2.24, 2.45) is 0 Å². The fourth-order valence-electron chi connectivity index (χ4n) is 3.24. The highest BCUT2D eigenvalue weighted by atomic mass is 16.6. The van der Waals surface area contributed by atoms with E-state index in [9.17, 15) is 9.59 Å². The van der Waals surface area contributed by atoms with Crippen LogP contribution < -0.4 is 10.1 Å². The number of nitrogens with one attached hydrogen (secondary N) is 1. The van der Waals surface area contributed by atoms with E-state index < -0.39 is 5.60 Å². The SMILES string of the molecule is CC(C)(C)OC(=O)N1CCC(NC(=O)c2ccc(COc3ccccc3)cc2)CC1. The molecule has 2 aromatic rings. The Kier molecular flexibility index (Phi) is 6.98. The maximum Gasteiger partial charge on any atom is 0.410 e. The van der Waals surface area contributed by atoms with Crippen LogP contribution in [0.2, 0.25) is 0 Å². The van der Waals surface area contributed by atoms with Crippen molar-refractivity contribution in [2.45, 2.75) is 51.9 Å².